The fraction of sp³-hybridized carbons (Fsp3) is 0. The van der Waals surface area contributed by atoms with Crippen LogP contribution in [-0.2, 0) is 0 Å². The van der Waals surface area contributed by atoms with E-state index in [0.29, 0.717) is 0 Å². The van der Waals surface area contributed by atoms with Gasteiger partial charge in [-0.3, -0.25) is 9.38 Å². The standard InChI is InChI=1S/C18H13N3/c1-3-7-14(8-4-1)16-13-21-17(11-20-18(21)12-19-16)15-9-5-2-6-10-15/h1-13H. The lowest BCUT2D eigenvalue weighted by Crippen LogP contribution is -1.92. The van der Waals surface area contributed by atoms with Crippen LogP contribution in [0.25, 0.3) is 28.2 Å². The maximum atomic E-state index is 4.50. The van der Waals surface area contributed by atoms with Gasteiger partial charge in [-0.2, -0.15) is 0 Å². The zero-order valence-corrected chi connectivity index (χ0v) is 11.3. The van der Waals surface area contributed by atoms with Crippen LogP contribution in [0.15, 0.2) is 79.3 Å². The second kappa shape index (κ2) is 4.87. The first-order chi connectivity index (χ1) is 10.4. The Bertz CT molecular complexity index is 880. The zero-order chi connectivity index (χ0) is 14.1. The molecule has 0 aliphatic carbocycles. The minimum atomic E-state index is 0.855. The molecule has 0 saturated heterocycles. The van der Waals surface area contributed by atoms with E-state index in [1.54, 1.807) is 0 Å². The molecule has 2 aromatic heterocycles. The van der Waals surface area contributed by atoms with Crippen molar-refractivity contribution in [2.75, 3.05) is 0 Å². The minimum Gasteiger partial charge on any atom is -0.296 e. The van der Waals surface area contributed by atoms with E-state index in [-0.39, 0.29) is 0 Å². The summed E-state index contributed by atoms with van der Waals surface area (Å²) < 4.78 is 2.09. The first-order valence-electron chi connectivity index (χ1n) is 6.86. The van der Waals surface area contributed by atoms with Crippen molar-refractivity contribution in [3.05, 3.63) is 79.3 Å². The number of fused-ring (bicyclic) bond motifs is 1. The van der Waals surface area contributed by atoms with Crippen molar-refractivity contribution in [3.63, 3.8) is 0 Å². The van der Waals surface area contributed by atoms with Gasteiger partial charge < -0.3 is 0 Å². The number of nitrogens with zero attached hydrogens (tertiary/aromatic N) is 3. The van der Waals surface area contributed by atoms with Crippen LogP contribution in [0.2, 0.25) is 0 Å². The highest BCUT2D eigenvalue weighted by Crippen LogP contribution is 2.23. The predicted molar refractivity (Wildman–Crippen MR) is 83.9 cm³/mol. The molecule has 0 saturated carbocycles. The molecule has 0 unspecified atom stereocenters. The van der Waals surface area contributed by atoms with Gasteiger partial charge in [0.1, 0.15) is 0 Å². The topological polar surface area (TPSA) is 30.2 Å². The number of imidazole rings is 1. The number of hydrogen-bond acceptors (Lipinski definition) is 2. The van der Waals surface area contributed by atoms with E-state index in [9.17, 15) is 0 Å². The Labute approximate surface area is 122 Å². The molecule has 0 amide bonds. The highest BCUT2D eigenvalue weighted by atomic mass is 15.0. The zero-order valence-electron chi connectivity index (χ0n) is 11.3. The van der Waals surface area contributed by atoms with E-state index in [1.807, 2.05) is 55.0 Å². The monoisotopic (exact) mass is 271 g/mol. The summed E-state index contributed by atoms with van der Waals surface area (Å²) in [6, 6.07) is 20.4. The van der Waals surface area contributed by atoms with Crippen molar-refractivity contribution in [1.29, 1.82) is 0 Å². The third kappa shape index (κ3) is 2.09. The van der Waals surface area contributed by atoms with Crippen molar-refractivity contribution < 1.29 is 0 Å². The van der Waals surface area contributed by atoms with E-state index in [1.165, 1.54) is 0 Å². The van der Waals surface area contributed by atoms with Crippen LogP contribution in [-0.4, -0.2) is 14.4 Å². The molecule has 0 atom stereocenters. The third-order valence-corrected chi connectivity index (χ3v) is 3.54. The first kappa shape index (κ1) is 11.9. The number of rotatable bonds is 2. The lowest BCUT2D eigenvalue weighted by Gasteiger charge is -2.05. The number of aromatic nitrogens is 3. The molecule has 0 aliphatic rings. The fourth-order valence-electron chi connectivity index (χ4n) is 2.47. The van der Waals surface area contributed by atoms with Crippen LogP contribution >= 0.6 is 0 Å². The Hall–Kier alpha value is -2.94. The molecule has 4 rings (SSSR count). The summed E-state index contributed by atoms with van der Waals surface area (Å²) in [6.45, 7) is 0. The highest BCUT2D eigenvalue weighted by Gasteiger charge is 2.07. The Kier molecular flexibility index (Phi) is 2.75. The molecular formula is C18H13N3. The third-order valence-electron chi connectivity index (χ3n) is 3.54. The van der Waals surface area contributed by atoms with E-state index < -0.39 is 0 Å². The maximum absolute atomic E-state index is 4.50. The van der Waals surface area contributed by atoms with Crippen molar-refractivity contribution in [3.8, 4) is 22.5 Å². The van der Waals surface area contributed by atoms with E-state index in [4.69, 9.17) is 0 Å². The average Bonchev–Trinajstić information content (AvgIpc) is 2.99. The first-order valence-corrected chi connectivity index (χ1v) is 6.86. The van der Waals surface area contributed by atoms with E-state index >= 15 is 0 Å². The molecule has 0 aliphatic heterocycles. The van der Waals surface area contributed by atoms with Crippen LogP contribution in [0.5, 0.6) is 0 Å². The summed E-state index contributed by atoms with van der Waals surface area (Å²) in [5, 5.41) is 0. The molecule has 0 radical (unpaired) electrons. The quantitative estimate of drug-likeness (QED) is 0.550. The average molecular weight is 271 g/mol. The fourth-order valence-corrected chi connectivity index (χ4v) is 2.47. The van der Waals surface area contributed by atoms with E-state index in [0.717, 1.165) is 28.2 Å². The van der Waals surface area contributed by atoms with Crippen molar-refractivity contribution in [2.45, 2.75) is 0 Å². The van der Waals surface area contributed by atoms with Gasteiger partial charge in [0.05, 0.1) is 23.8 Å². The minimum absolute atomic E-state index is 0.855. The summed E-state index contributed by atoms with van der Waals surface area (Å²) in [5.74, 6) is 0. The summed E-state index contributed by atoms with van der Waals surface area (Å²) >= 11 is 0. The lowest BCUT2D eigenvalue weighted by atomic mass is 10.1. The largest absolute Gasteiger partial charge is 0.296 e. The maximum Gasteiger partial charge on any atom is 0.155 e. The number of benzene rings is 2. The normalized spacial score (nSPS) is 10.9. The Morgan fingerprint density at radius 2 is 1.33 bits per heavy atom. The Morgan fingerprint density at radius 3 is 2.05 bits per heavy atom. The van der Waals surface area contributed by atoms with Crippen LogP contribution < -0.4 is 0 Å². The molecule has 100 valence electrons. The molecule has 4 aromatic rings. The predicted octanol–water partition coefficient (Wildman–Crippen LogP) is 4.06. The second-order valence-corrected chi connectivity index (χ2v) is 4.88. The molecule has 21 heavy (non-hydrogen) atoms. The molecule has 2 aromatic carbocycles. The second-order valence-electron chi connectivity index (χ2n) is 4.88. The number of hydrogen-bond donors (Lipinski definition) is 0. The van der Waals surface area contributed by atoms with Gasteiger partial charge >= 0.3 is 0 Å². The Morgan fingerprint density at radius 1 is 0.667 bits per heavy atom. The SMILES string of the molecule is c1ccc(-c2cn3c(-c4ccccc4)cnc3cn2)cc1. The van der Waals surface area contributed by atoms with Gasteiger partial charge in [-0.05, 0) is 0 Å². The van der Waals surface area contributed by atoms with Crippen LogP contribution in [0.1, 0.15) is 0 Å². The molecule has 0 spiro atoms. The molecular weight excluding hydrogens is 258 g/mol. The van der Waals surface area contributed by atoms with Gasteiger partial charge in [0, 0.05) is 17.3 Å². The summed E-state index contributed by atoms with van der Waals surface area (Å²) in [7, 11) is 0. The highest BCUT2D eigenvalue weighted by molar-refractivity contribution is 5.66. The molecule has 0 fully saturated rings. The molecule has 0 N–H and O–H groups in total. The van der Waals surface area contributed by atoms with Gasteiger partial charge in [-0.15, -0.1) is 0 Å². The Balaban J connectivity index is 1.91. The van der Waals surface area contributed by atoms with Crippen molar-refractivity contribution >= 4 is 5.65 Å². The molecule has 3 heteroatoms. The smallest absolute Gasteiger partial charge is 0.155 e. The summed E-state index contributed by atoms with van der Waals surface area (Å²) in [6.07, 6.45) is 5.75. The van der Waals surface area contributed by atoms with Crippen LogP contribution in [0, 0.1) is 0 Å². The van der Waals surface area contributed by atoms with Crippen molar-refractivity contribution in [2.24, 2.45) is 0 Å². The van der Waals surface area contributed by atoms with Gasteiger partial charge in [0.2, 0.25) is 0 Å². The molecule has 2 heterocycles. The lowest BCUT2D eigenvalue weighted by molar-refractivity contribution is 1.13. The summed E-state index contributed by atoms with van der Waals surface area (Å²) in [5.41, 5.74) is 5.12. The van der Waals surface area contributed by atoms with Crippen LogP contribution in [0.3, 0.4) is 0 Å². The van der Waals surface area contributed by atoms with E-state index in [2.05, 4.69) is 38.6 Å². The van der Waals surface area contributed by atoms with Crippen LogP contribution in [0.4, 0.5) is 0 Å². The van der Waals surface area contributed by atoms with Gasteiger partial charge in [0.15, 0.2) is 5.65 Å². The van der Waals surface area contributed by atoms with Gasteiger partial charge in [0.25, 0.3) is 0 Å². The molecule has 3 nitrogen and oxygen atoms in total. The summed E-state index contributed by atoms with van der Waals surface area (Å²) in [4.78, 5) is 8.93. The van der Waals surface area contributed by atoms with Gasteiger partial charge in [-0.25, -0.2) is 4.98 Å². The van der Waals surface area contributed by atoms with Crippen molar-refractivity contribution in [1.82, 2.24) is 14.4 Å². The van der Waals surface area contributed by atoms with Gasteiger partial charge in [-0.1, -0.05) is 60.7 Å². The molecule has 0 bridgehead atoms.